The van der Waals surface area contributed by atoms with Gasteiger partial charge in [0.2, 0.25) is 0 Å². The summed E-state index contributed by atoms with van der Waals surface area (Å²) in [7, 11) is 0. The number of nitrogens with two attached hydrogens (primary N) is 1. The molecule has 1 heterocycles. The molecule has 1 unspecified atom stereocenters. The molecule has 2 aromatic rings. The lowest BCUT2D eigenvalue weighted by atomic mass is 10.1. The molecule has 1 aromatic carbocycles. The van der Waals surface area contributed by atoms with Gasteiger partial charge in [0.05, 0.1) is 11.9 Å². The maximum atomic E-state index is 5.59. The Labute approximate surface area is 109 Å². The summed E-state index contributed by atoms with van der Waals surface area (Å²) < 4.78 is 1.08. The van der Waals surface area contributed by atoms with E-state index in [1.165, 1.54) is 5.56 Å². The van der Waals surface area contributed by atoms with Crippen molar-refractivity contribution in [1.82, 2.24) is 4.98 Å². The molecule has 0 fully saturated rings. The molecule has 4 heteroatoms. The fourth-order valence-electron chi connectivity index (χ4n) is 1.57. The predicted molar refractivity (Wildman–Crippen MR) is 74.8 cm³/mol. The predicted octanol–water partition coefficient (Wildman–Crippen LogP) is 3.60. The summed E-state index contributed by atoms with van der Waals surface area (Å²) in [6.07, 6.45) is 1.65. The molecule has 0 amide bonds. The summed E-state index contributed by atoms with van der Waals surface area (Å²) in [5.74, 6) is 0.826. The van der Waals surface area contributed by atoms with Gasteiger partial charge in [-0.25, -0.2) is 4.98 Å². The first-order chi connectivity index (χ1) is 8.15. The third-order valence-electron chi connectivity index (χ3n) is 2.50. The Morgan fingerprint density at radius 3 is 2.76 bits per heavy atom. The van der Waals surface area contributed by atoms with Gasteiger partial charge in [-0.3, -0.25) is 0 Å². The van der Waals surface area contributed by atoms with Gasteiger partial charge in [0.15, 0.2) is 0 Å². The van der Waals surface area contributed by atoms with Crippen molar-refractivity contribution in [3.8, 4) is 0 Å². The van der Waals surface area contributed by atoms with Gasteiger partial charge in [-0.15, -0.1) is 0 Å². The molecule has 0 saturated heterocycles. The summed E-state index contributed by atoms with van der Waals surface area (Å²) in [5.41, 5.74) is 7.47. The summed E-state index contributed by atoms with van der Waals surface area (Å²) >= 11 is 3.47. The van der Waals surface area contributed by atoms with E-state index in [2.05, 4.69) is 45.3 Å². The number of aromatic nitrogens is 1. The zero-order chi connectivity index (χ0) is 12.3. The molecule has 0 bridgehead atoms. The Balaban J connectivity index is 2.11. The molecule has 88 valence electrons. The molecule has 0 spiro atoms. The number of nitrogen functional groups attached to an aromatic ring is 1. The number of rotatable bonds is 3. The normalized spacial score (nSPS) is 12.1. The molecule has 3 nitrogen and oxygen atoms in total. The van der Waals surface area contributed by atoms with Crippen molar-refractivity contribution < 1.29 is 0 Å². The third kappa shape index (κ3) is 3.20. The lowest BCUT2D eigenvalue weighted by Crippen LogP contribution is -2.07. The highest BCUT2D eigenvalue weighted by atomic mass is 79.9. The molecule has 0 aliphatic heterocycles. The number of hydrogen-bond acceptors (Lipinski definition) is 3. The average molecular weight is 292 g/mol. The monoisotopic (exact) mass is 291 g/mol. The van der Waals surface area contributed by atoms with E-state index in [9.17, 15) is 0 Å². The number of anilines is 2. The van der Waals surface area contributed by atoms with Crippen molar-refractivity contribution in [2.45, 2.75) is 13.0 Å². The lowest BCUT2D eigenvalue weighted by molar-refractivity contribution is 0.874. The van der Waals surface area contributed by atoms with Gasteiger partial charge in [-0.05, 0) is 36.8 Å². The Morgan fingerprint density at radius 1 is 1.29 bits per heavy atom. The summed E-state index contributed by atoms with van der Waals surface area (Å²) in [6.45, 7) is 2.10. The molecule has 0 radical (unpaired) electrons. The highest BCUT2D eigenvalue weighted by Crippen LogP contribution is 2.21. The minimum atomic E-state index is 0.198. The second-order valence-electron chi connectivity index (χ2n) is 3.90. The summed E-state index contributed by atoms with van der Waals surface area (Å²) in [6, 6.07) is 12.1. The molecule has 1 atom stereocenters. The van der Waals surface area contributed by atoms with Gasteiger partial charge in [0.25, 0.3) is 0 Å². The second kappa shape index (κ2) is 5.19. The Hall–Kier alpha value is -1.55. The molecule has 1 aromatic heterocycles. The van der Waals surface area contributed by atoms with E-state index in [4.69, 9.17) is 5.73 Å². The zero-order valence-corrected chi connectivity index (χ0v) is 11.1. The van der Waals surface area contributed by atoms with Crippen LogP contribution in [-0.4, -0.2) is 4.98 Å². The van der Waals surface area contributed by atoms with E-state index in [1.807, 2.05) is 24.3 Å². The van der Waals surface area contributed by atoms with E-state index >= 15 is 0 Å². The first-order valence-corrected chi connectivity index (χ1v) is 6.18. The van der Waals surface area contributed by atoms with Crippen LogP contribution in [0.2, 0.25) is 0 Å². The van der Waals surface area contributed by atoms with E-state index in [1.54, 1.807) is 6.20 Å². The molecule has 0 saturated carbocycles. The standard InChI is InChI=1S/C13H14BrN3/c1-9(10-3-2-4-11(14)7-10)17-13-6-5-12(15)8-16-13/h2-9H,15H2,1H3,(H,16,17). The molecule has 2 rings (SSSR count). The van der Waals surface area contributed by atoms with Gasteiger partial charge < -0.3 is 11.1 Å². The minimum Gasteiger partial charge on any atom is -0.397 e. The molecule has 0 aliphatic rings. The van der Waals surface area contributed by atoms with Crippen LogP contribution >= 0.6 is 15.9 Å². The molecular weight excluding hydrogens is 278 g/mol. The Bertz CT molecular complexity index is 496. The smallest absolute Gasteiger partial charge is 0.126 e. The number of halogens is 1. The van der Waals surface area contributed by atoms with Crippen LogP contribution in [0.15, 0.2) is 47.1 Å². The van der Waals surface area contributed by atoms with Crippen LogP contribution in [0.3, 0.4) is 0 Å². The van der Waals surface area contributed by atoms with Gasteiger partial charge >= 0.3 is 0 Å². The molecule has 3 N–H and O–H groups in total. The molecule has 0 aliphatic carbocycles. The van der Waals surface area contributed by atoms with E-state index in [0.717, 1.165) is 10.3 Å². The maximum Gasteiger partial charge on any atom is 0.126 e. The highest BCUT2D eigenvalue weighted by Gasteiger charge is 2.05. The fraction of sp³-hybridized carbons (Fsp3) is 0.154. The van der Waals surface area contributed by atoms with Crippen LogP contribution in [0.25, 0.3) is 0 Å². The summed E-state index contributed by atoms with van der Waals surface area (Å²) in [5, 5.41) is 3.33. The molecule has 17 heavy (non-hydrogen) atoms. The molecular formula is C13H14BrN3. The largest absolute Gasteiger partial charge is 0.397 e. The third-order valence-corrected chi connectivity index (χ3v) is 2.99. The number of nitrogens with one attached hydrogen (secondary N) is 1. The SMILES string of the molecule is CC(Nc1ccc(N)cn1)c1cccc(Br)c1. The van der Waals surface area contributed by atoms with E-state index in [-0.39, 0.29) is 6.04 Å². The fourth-order valence-corrected chi connectivity index (χ4v) is 1.99. The van der Waals surface area contributed by atoms with Crippen molar-refractivity contribution in [1.29, 1.82) is 0 Å². The van der Waals surface area contributed by atoms with Gasteiger partial charge in [0.1, 0.15) is 5.82 Å². The highest BCUT2D eigenvalue weighted by molar-refractivity contribution is 9.10. The zero-order valence-electron chi connectivity index (χ0n) is 9.52. The Morgan fingerprint density at radius 2 is 2.12 bits per heavy atom. The van der Waals surface area contributed by atoms with Crippen LogP contribution in [0.4, 0.5) is 11.5 Å². The van der Waals surface area contributed by atoms with E-state index in [0.29, 0.717) is 5.69 Å². The van der Waals surface area contributed by atoms with Crippen molar-refractivity contribution in [2.75, 3.05) is 11.1 Å². The van der Waals surface area contributed by atoms with Crippen molar-refractivity contribution in [3.63, 3.8) is 0 Å². The van der Waals surface area contributed by atoms with Crippen LogP contribution in [0.1, 0.15) is 18.5 Å². The lowest BCUT2D eigenvalue weighted by Gasteiger charge is -2.15. The van der Waals surface area contributed by atoms with Gasteiger partial charge in [0, 0.05) is 10.5 Å². The average Bonchev–Trinajstić information content (AvgIpc) is 2.32. The van der Waals surface area contributed by atoms with Crippen LogP contribution in [0.5, 0.6) is 0 Å². The maximum absolute atomic E-state index is 5.59. The van der Waals surface area contributed by atoms with Crippen molar-refractivity contribution in [2.24, 2.45) is 0 Å². The number of benzene rings is 1. The second-order valence-corrected chi connectivity index (χ2v) is 4.81. The van der Waals surface area contributed by atoms with Gasteiger partial charge in [-0.1, -0.05) is 28.1 Å². The quantitative estimate of drug-likeness (QED) is 0.908. The number of nitrogens with zero attached hydrogens (tertiary/aromatic N) is 1. The van der Waals surface area contributed by atoms with Gasteiger partial charge in [-0.2, -0.15) is 0 Å². The van der Waals surface area contributed by atoms with Crippen LogP contribution in [0, 0.1) is 0 Å². The van der Waals surface area contributed by atoms with Crippen LogP contribution < -0.4 is 11.1 Å². The number of hydrogen-bond donors (Lipinski definition) is 2. The first kappa shape index (κ1) is 11.9. The summed E-state index contributed by atoms with van der Waals surface area (Å²) in [4.78, 5) is 4.22. The first-order valence-electron chi connectivity index (χ1n) is 5.38. The number of pyridine rings is 1. The Kier molecular flexibility index (Phi) is 3.64. The van der Waals surface area contributed by atoms with E-state index < -0.39 is 0 Å². The van der Waals surface area contributed by atoms with Crippen molar-refractivity contribution >= 4 is 27.4 Å². The minimum absolute atomic E-state index is 0.198. The topological polar surface area (TPSA) is 50.9 Å². The van der Waals surface area contributed by atoms with Crippen LogP contribution in [-0.2, 0) is 0 Å². The van der Waals surface area contributed by atoms with Crippen molar-refractivity contribution in [3.05, 3.63) is 52.6 Å².